The topological polar surface area (TPSA) is 50.8 Å². The SMILES string of the molecule is CN1CCOC(CNC(=O)COc2ccccc2F)C1. The Balaban J connectivity index is 1.69. The van der Waals surface area contributed by atoms with Crippen LogP contribution in [0.3, 0.4) is 0 Å². The summed E-state index contributed by atoms with van der Waals surface area (Å²) in [6, 6.07) is 6.00. The molecule has 0 aliphatic carbocycles. The number of carbonyl (C=O) groups is 1. The van der Waals surface area contributed by atoms with Gasteiger partial charge in [-0.2, -0.15) is 0 Å². The first kappa shape index (κ1) is 14.7. The molecule has 0 spiro atoms. The van der Waals surface area contributed by atoms with Crippen molar-refractivity contribution in [3.8, 4) is 5.75 Å². The lowest BCUT2D eigenvalue weighted by Crippen LogP contribution is -2.46. The highest BCUT2D eigenvalue weighted by Gasteiger charge is 2.18. The molecular formula is C14H19FN2O3. The molecule has 6 heteroatoms. The smallest absolute Gasteiger partial charge is 0.258 e. The average Bonchev–Trinajstić information content (AvgIpc) is 2.44. The number of ether oxygens (including phenoxy) is 2. The maximum Gasteiger partial charge on any atom is 0.258 e. The second-order valence-electron chi connectivity index (χ2n) is 4.78. The summed E-state index contributed by atoms with van der Waals surface area (Å²) in [5.41, 5.74) is 0. The molecule has 2 rings (SSSR count). The standard InChI is InChI=1S/C14H19FN2O3/c1-17-6-7-19-11(9-17)8-16-14(18)10-20-13-5-3-2-4-12(13)15/h2-5,11H,6-10H2,1H3,(H,16,18). The number of morpholine rings is 1. The largest absolute Gasteiger partial charge is 0.481 e. The van der Waals surface area contributed by atoms with Crippen LogP contribution in [0.2, 0.25) is 0 Å². The van der Waals surface area contributed by atoms with Crippen molar-refractivity contribution >= 4 is 5.91 Å². The van der Waals surface area contributed by atoms with Crippen LogP contribution in [0.4, 0.5) is 4.39 Å². The molecule has 0 aromatic heterocycles. The Kier molecular flexibility index (Phi) is 5.31. The first-order valence-electron chi connectivity index (χ1n) is 6.59. The molecular weight excluding hydrogens is 263 g/mol. The van der Waals surface area contributed by atoms with Gasteiger partial charge in [0, 0.05) is 19.6 Å². The van der Waals surface area contributed by atoms with E-state index in [1.165, 1.54) is 12.1 Å². The van der Waals surface area contributed by atoms with Crippen molar-refractivity contribution in [2.24, 2.45) is 0 Å². The minimum Gasteiger partial charge on any atom is -0.481 e. The highest BCUT2D eigenvalue weighted by Crippen LogP contribution is 2.14. The Morgan fingerprint density at radius 3 is 3.10 bits per heavy atom. The summed E-state index contributed by atoms with van der Waals surface area (Å²) in [6.45, 7) is 2.59. The highest BCUT2D eigenvalue weighted by molar-refractivity contribution is 5.77. The number of hydrogen-bond donors (Lipinski definition) is 1. The van der Waals surface area contributed by atoms with Gasteiger partial charge in [-0.1, -0.05) is 12.1 Å². The second-order valence-corrected chi connectivity index (χ2v) is 4.78. The zero-order valence-electron chi connectivity index (χ0n) is 11.5. The Hall–Kier alpha value is -1.66. The van der Waals surface area contributed by atoms with Crippen molar-refractivity contribution in [3.05, 3.63) is 30.1 Å². The zero-order valence-corrected chi connectivity index (χ0v) is 11.5. The molecule has 0 bridgehead atoms. The predicted molar refractivity (Wildman–Crippen MR) is 72.1 cm³/mol. The molecule has 0 radical (unpaired) electrons. The lowest BCUT2D eigenvalue weighted by atomic mass is 10.3. The first-order chi connectivity index (χ1) is 9.65. The molecule has 1 N–H and O–H groups in total. The lowest BCUT2D eigenvalue weighted by molar-refractivity contribution is -0.124. The van der Waals surface area contributed by atoms with Gasteiger partial charge >= 0.3 is 0 Å². The molecule has 1 atom stereocenters. The summed E-state index contributed by atoms with van der Waals surface area (Å²) in [6.07, 6.45) is -0.00818. The molecule has 20 heavy (non-hydrogen) atoms. The number of nitrogens with zero attached hydrogens (tertiary/aromatic N) is 1. The summed E-state index contributed by atoms with van der Waals surface area (Å²) in [4.78, 5) is 13.8. The predicted octanol–water partition coefficient (Wildman–Crippen LogP) is 0.651. The first-order valence-corrected chi connectivity index (χ1v) is 6.59. The van der Waals surface area contributed by atoms with E-state index in [1.807, 2.05) is 7.05 Å². The van der Waals surface area contributed by atoms with E-state index in [2.05, 4.69) is 10.2 Å². The van der Waals surface area contributed by atoms with Crippen LogP contribution < -0.4 is 10.1 Å². The van der Waals surface area contributed by atoms with E-state index in [-0.39, 0.29) is 24.4 Å². The lowest BCUT2D eigenvalue weighted by Gasteiger charge is -2.30. The van der Waals surface area contributed by atoms with E-state index in [9.17, 15) is 9.18 Å². The minimum atomic E-state index is -0.475. The van der Waals surface area contributed by atoms with Gasteiger partial charge < -0.3 is 19.7 Å². The van der Waals surface area contributed by atoms with Crippen LogP contribution in [-0.2, 0) is 9.53 Å². The van der Waals surface area contributed by atoms with E-state index in [4.69, 9.17) is 9.47 Å². The number of hydrogen-bond acceptors (Lipinski definition) is 4. The summed E-state index contributed by atoms with van der Waals surface area (Å²) in [5.74, 6) is -0.682. The number of halogens is 1. The fraction of sp³-hybridized carbons (Fsp3) is 0.500. The van der Waals surface area contributed by atoms with Crippen molar-refractivity contribution in [1.29, 1.82) is 0 Å². The normalized spacial score (nSPS) is 19.6. The summed E-state index contributed by atoms with van der Waals surface area (Å²) in [5, 5.41) is 2.72. The molecule has 5 nitrogen and oxygen atoms in total. The zero-order chi connectivity index (χ0) is 14.4. The minimum absolute atomic E-state index is 0.00818. The molecule has 1 aliphatic rings. The van der Waals surface area contributed by atoms with Gasteiger partial charge in [0.05, 0.1) is 12.7 Å². The van der Waals surface area contributed by atoms with Crippen LogP contribution in [0.15, 0.2) is 24.3 Å². The van der Waals surface area contributed by atoms with Gasteiger partial charge in [0.25, 0.3) is 5.91 Å². The van der Waals surface area contributed by atoms with E-state index in [0.717, 1.165) is 13.1 Å². The molecule has 110 valence electrons. The van der Waals surface area contributed by atoms with Crippen molar-refractivity contribution in [3.63, 3.8) is 0 Å². The Labute approximate surface area is 117 Å². The fourth-order valence-corrected chi connectivity index (χ4v) is 1.97. The number of amides is 1. The molecule has 1 fully saturated rings. The van der Waals surface area contributed by atoms with Gasteiger partial charge in [-0.3, -0.25) is 4.79 Å². The quantitative estimate of drug-likeness (QED) is 0.861. The van der Waals surface area contributed by atoms with Crippen molar-refractivity contribution in [1.82, 2.24) is 10.2 Å². The molecule has 1 aliphatic heterocycles. The Morgan fingerprint density at radius 2 is 2.35 bits per heavy atom. The number of nitrogens with one attached hydrogen (secondary N) is 1. The monoisotopic (exact) mass is 282 g/mol. The maximum absolute atomic E-state index is 13.3. The van der Waals surface area contributed by atoms with Crippen LogP contribution in [0.5, 0.6) is 5.75 Å². The molecule has 1 heterocycles. The van der Waals surface area contributed by atoms with Crippen LogP contribution in [0.1, 0.15) is 0 Å². The van der Waals surface area contributed by atoms with Gasteiger partial charge in [-0.25, -0.2) is 4.39 Å². The number of benzene rings is 1. The third kappa shape index (κ3) is 4.47. The van der Waals surface area contributed by atoms with Crippen molar-refractivity contribution in [2.75, 3.05) is 39.9 Å². The Morgan fingerprint density at radius 1 is 1.55 bits per heavy atom. The molecule has 0 saturated carbocycles. The van der Waals surface area contributed by atoms with Crippen LogP contribution >= 0.6 is 0 Å². The van der Waals surface area contributed by atoms with Crippen molar-refractivity contribution in [2.45, 2.75) is 6.10 Å². The van der Waals surface area contributed by atoms with Crippen molar-refractivity contribution < 1.29 is 18.7 Å². The third-order valence-corrected chi connectivity index (χ3v) is 3.06. The van der Waals surface area contributed by atoms with Crippen LogP contribution in [0.25, 0.3) is 0 Å². The molecule has 1 amide bonds. The molecule has 1 saturated heterocycles. The summed E-state index contributed by atoms with van der Waals surface area (Å²) in [7, 11) is 2.01. The van der Waals surface area contributed by atoms with Gasteiger partial charge in [0.1, 0.15) is 0 Å². The Bertz CT molecular complexity index is 456. The van der Waals surface area contributed by atoms with Gasteiger partial charge in [0.2, 0.25) is 0 Å². The number of carbonyl (C=O) groups excluding carboxylic acids is 1. The second kappa shape index (κ2) is 7.21. The van der Waals surface area contributed by atoms with E-state index in [1.54, 1.807) is 12.1 Å². The highest BCUT2D eigenvalue weighted by atomic mass is 19.1. The van der Waals surface area contributed by atoms with Crippen LogP contribution in [0, 0.1) is 5.82 Å². The van der Waals surface area contributed by atoms with Gasteiger partial charge in [-0.05, 0) is 19.2 Å². The maximum atomic E-state index is 13.3. The molecule has 1 aromatic rings. The third-order valence-electron chi connectivity index (χ3n) is 3.06. The average molecular weight is 282 g/mol. The molecule has 1 aromatic carbocycles. The van der Waals surface area contributed by atoms with E-state index < -0.39 is 5.82 Å². The van der Waals surface area contributed by atoms with Gasteiger partial charge in [-0.15, -0.1) is 0 Å². The van der Waals surface area contributed by atoms with Crippen LogP contribution in [-0.4, -0.2) is 56.8 Å². The van der Waals surface area contributed by atoms with E-state index >= 15 is 0 Å². The number of likely N-dealkylation sites (N-methyl/N-ethyl adjacent to an activating group) is 1. The number of para-hydroxylation sites is 1. The summed E-state index contributed by atoms with van der Waals surface area (Å²) >= 11 is 0. The number of rotatable bonds is 5. The molecule has 1 unspecified atom stereocenters. The fourth-order valence-electron chi connectivity index (χ4n) is 1.97. The summed E-state index contributed by atoms with van der Waals surface area (Å²) < 4.78 is 23.9. The van der Waals surface area contributed by atoms with E-state index in [0.29, 0.717) is 13.2 Å². The van der Waals surface area contributed by atoms with Gasteiger partial charge in [0.15, 0.2) is 18.2 Å².